The van der Waals surface area contributed by atoms with Gasteiger partial charge in [0, 0.05) is 94.0 Å². The van der Waals surface area contributed by atoms with Gasteiger partial charge >= 0.3 is 105 Å². The summed E-state index contributed by atoms with van der Waals surface area (Å²) in [6.07, 6.45) is 20.9. The van der Waals surface area contributed by atoms with Gasteiger partial charge in [-0.15, -0.1) is 76.3 Å². The van der Waals surface area contributed by atoms with E-state index in [1.54, 1.807) is 124 Å². The van der Waals surface area contributed by atoms with Crippen molar-refractivity contribution in [3.63, 3.8) is 0 Å². The minimum absolute atomic E-state index is 0. The van der Waals surface area contributed by atoms with E-state index >= 15 is 0 Å². The Morgan fingerprint density at radius 2 is 0.927 bits per heavy atom. The third kappa shape index (κ3) is 67.0. The van der Waals surface area contributed by atoms with E-state index in [1.165, 1.54) is 91.3 Å². The van der Waals surface area contributed by atoms with Gasteiger partial charge in [-0.2, -0.15) is 5.26 Å². The summed E-state index contributed by atoms with van der Waals surface area (Å²) >= 11 is 25.5. The summed E-state index contributed by atoms with van der Waals surface area (Å²) < 4.78 is 69.2. The van der Waals surface area contributed by atoms with Crippen LogP contribution in [-0.2, 0) is 86.1 Å². The molecule has 829 valence electrons. The molecule has 3 aliphatic heterocycles. The van der Waals surface area contributed by atoms with E-state index in [4.69, 9.17) is 89.6 Å². The first-order valence-corrected chi connectivity index (χ1v) is 53.2. The average Bonchev–Trinajstić information content (AvgIpc) is 1.81. The standard InChI is InChI=1S/C22H32N4O4S2.C17H24N4O2S2.C11H15N3OS2.C11H19NO4.C10H9NO3.C8H12ClNO.C4H3N3S2.C3H3BrN2S.C2H6O.2CH3F.CHNS.CH4O.2CH4.B.BrH.ClH.K.Na.H/c1-21(2,3)15-10-23-16(29-15)13-31-17-11-24-19(32-17)25-18(27)14-8-7-9-26(12-14)20(28)30-22(4,5)6;1-17(2,3)12-8-19-13(23-12)10-24-14-9-20-16(25-14)21-15(22)11-5-4-6-18-7-11;1-11(2,3)7-4-13-8(15-7)6-16-9-5-14-10(12)17-9;1-11(2,3)16-10(15)12-6-4-5-8(7-12)9(13)14;1-2-9(12)11-8-5-3-7(4-6-8)10(13)14;1-8(2,3)6-5-10-7(4-9)11-6;5-2-8-3-1-7-4(6)9-3;4-2-1-6-3(5)7-2;1-2-3;2*1-2;2-1-3;1-2;;;;;;;;/h10-11,14H,7-9,12-13H2,1-6H3,(H,24,25,27);8-9,11,18H,4-7,10H2,1-3H3,(H,20,21,22);4-5H,6H2,1-3H3,(H2,12,14);8H,4-7H2,1-3H3,(H,13,14);2-6H,1H2,(H,11,12)(H,13,14);5H,4H2,1-3H3;1H,(H2,6,7);1H,(H2,5,6);3H,2H2,1H3;2*1H3;3H;2H,1H3;2*1H4;;2*1H;;;/q;;;;;;;;;;;;;;;;;;2*+1;-1/p-1/i;;;;;;;;;2*1D;;;;;;;;;;. The van der Waals surface area contributed by atoms with Crippen LogP contribution in [0.15, 0.2) is 131 Å². The SMILES string of the molecule is Br.C.C.C=CC(=O)Nc1ccc(C(=O)O)cc1.CC(C)(C)OC(=O)N1CCCC(C(=O)Nc2ncc(SCc3ncc(C(C)(C)C)o3)s2)C1.CC(C)(C)OC(=O)N1CCCC(C(=O)O)C1.CC(C)(C)c1cnc(CCl)o1.CC(C)(C)c1cnc(CSc2cnc(N)s2)o1.CC(C)(C)c1cnc(CSc2cnc(NC(=O)C3CCCNC3)s2)o1.CCO.CO.Cl.N#CSc1cnc(N)s1.N#C[S-].Nc1ncc(Br)s1.[2H]CF.[2H]CF.[B].[H-].[K+].[Na+]. The van der Waals surface area contributed by atoms with E-state index in [9.17, 15) is 42.3 Å². The first-order chi connectivity index (χ1) is 68.0. The van der Waals surface area contributed by atoms with Crippen LogP contribution in [0.3, 0.4) is 0 Å². The van der Waals surface area contributed by atoms with Crippen LogP contribution in [0.25, 0.3) is 0 Å². The molecule has 0 spiro atoms. The van der Waals surface area contributed by atoms with E-state index in [-0.39, 0.29) is 211 Å². The zero-order valence-corrected chi connectivity index (χ0v) is 105. The Hall–Kier alpha value is -6.18. The predicted molar refractivity (Wildman–Crippen MR) is 612 cm³/mol. The van der Waals surface area contributed by atoms with Gasteiger partial charge in [0.2, 0.25) is 41.3 Å². The maximum atomic E-state index is 12.8. The molecule has 3 saturated heterocycles. The predicted octanol–water partition coefficient (Wildman–Crippen LogP) is 17.8. The van der Waals surface area contributed by atoms with E-state index in [0.29, 0.717) is 98.2 Å². The quantitative estimate of drug-likeness (QED) is 0.00894. The van der Waals surface area contributed by atoms with Crippen molar-refractivity contribution in [1.82, 2.24) is 60.0 Å². The number of likely N-dealkylation sites (tertiary alicyclic amines) is 2. The second-order valence-corrected chi connectivity index (χ2v) is 47.5. The molecule has 150 heavy (non-hydrogen) atoms. The van der Waals surface area contributed by atoms with Gasteiger partial charge in [0.15, 0.2) is 25.7 Å². The molecule has 3 unspecified atom stereocenters. The third-order valence-electron chi connectivity index (χ3n) is 17.5. The van der Waals surface area contributed by atoms with Gasteiger partial charge in [-0.1, -0.05) is 167 Å². The number of hydrogen-bond acceptors (Lipinski definition) is 40. The number of oxazole rings is 4. The number of aromatic carboxylic acids is 1. The molecular weight excluding hydrogens is 2340 g/mol. The van der Waals surface area contributed by atoms with Crippen molar-refractivity contribution in [2.45, 2.75) is 258 Å². The number of carbonyl (C=O) groups excluding carboxylic acids is 5. The molecule has 3 atom stereocenters. The Bertz CT molecular complexity index is 5540. The number of aliphatic carboxylic acids is 1. The fourth-order valence-corrected chi connectivity index (χ4v) is 18.1. The van der Waals surface area contributed by atoms with Crippen molar-refractivity contribution in [2.75, 3.05) is 100 Å². The van der Waals surface area contributed by atoms with E-state index in [2.05, 4.69) is 184 Å². The zero-order chi connectivity index (χ0) is 110. The molecule has 3 radical (unpaired) electrons. The summed E-state index contributed by atoms with van der Waals surface area (Å²) in [7, 11) is -1.00. The normalized spacial score (nSPS) is 13.6. The number of aromatic nitrogens is 9. The zero-order valence-electron chi connectivity index (χ0n) is 90.1. The number of nitrogens with one attached hydrogen (secondary N) is 4. The largest absolute Gasteiger partial charge is 1.00 e. The van der Waals surface area contributed by atoms with Gasteiger partial charge in [-0.3, -0.25) is 28.0 Å². The number of carboxylic acids is 2. The number of hydrogen-bond donors (Lipinski definition) is 11. The Balaban J connectivity index is -0.000000263. The summed E-state index contributed by atoms with van der Waals surface area (Å²) in [5.41, 5.74) is 15.7. The molecule has 1 aromatic carbocycles. The van der Waals surface area contributed by atoms with Crippen molar-refractivity contribution in [1.29, 1.82) is 10.5 Å². The van der Waals surface area contributed by atoms with Crippen molar-refractivity contribution < 1.29 is 175 Å². The van der Waals surface area contributed by atoms with Gasteiger partial charge in [0.05, 0.1) is 140 Å². The number of aliphatic hydroxyl groups excluding tert-OH is 2. The minimum atomic E-state index is -1.00. The molecule has 5 amide bonds. The van der Waals surface area contributed by atoms with Crippen LogP contribution in [0.1, 0.15) is 246 Å². The number of thiocyanates is 2. The van der Waals surface area contributed by atoms with Crippen LogP contribution < -0.4 is 119 Å². The molecule has 56 heteroatoms. The molecule has 3 fully saturated rings. The Morgan fingerprint density at radius 3 is 1.22 bits per heavy atom. The topological polar surface area (TPSA) is 568 Å². The van der Waals surface area contributed by atoms with Gasteiger partial charge < -0.3 is 110 Å². The molecule has 10 aromatic rings. The molecule has 9 aromatic heterocycles. The molecular formula is C94H144BBr2Cl2F2KN20NaO17S10. The van der Waals surface area contributed by atoms with Crippen LogP contribution in [0, 0.1) is 39.1 Å². The van der Waals surface area contributed by atoms with Crippen LogP contribution in [0.4, 0.5) is 49.7 Å². The summed E-state index contributed by atoms with van der Waals surface area (Å²) in [6.45, 7) is 44.8. The number of nitrogen functional groups attached to an aromatic ring is 3. The molecule has 0 bridgehead atoms. The van der Waals surface area contributed by atoms with Crippen LogP contribution >= 0.6 is 161 Å². The number of halogens is 6. The number of amides is 5. The number of nitriles is 2. The molecule has 14 N–H and O–H groups in total. The fraction of sp³-hybridized carbons (Fsp3) is 0.532. The number of thiazole rings is 5. The first-order valence-electron chi connectivity index (χ1n) is 45.0. The van der Waals surface area contributed by atoms with Gasteiger partial charge in [-0.25, -0.2) is 64.5 Å². The molecule has 12 heterocycles. The van der Waals surface area contributed by atoms with Crippen LogP contribution in [0.5, 0.6) is 0 Å². The first kappa shape index (κ1) is 152. The number of alkyl halides is 3. The number of piperidine rings is 3. The van der Waals surface area contributed by atoms with Gasteiger partial charge in [0.1, 0.15) is 39.6 Å². The number of anilines is 6. The minimum Gasteiger partial charge on any atom is -1.00 e. The number of ether oxygens (including phenoxy) is 2. The number of thioether (sulfide) groups is 4. The monoisotopic (exact) mass is 2490 g/mol. The van der Waals surface area contributed by atoms with Gasteiger partial charge in [0.25, 0.3) is 0 Å². The summed E-state index contributed by atoms with van der Waals surface area (Å²) in [5, 5.41) is 65.1. The summed E-state index contributed by atoms with van der Waals surface area (Å²) in [4.78, 5) is 121. The maximum Gasteiger partial charge on any atom is 1.00 e. The van der Waals surface area contributed by atoms with E-state index in [1.807, 2.05) is 26.2 Å². The third-order valence-corrected chi connectivity index (χ3v) is 26.7. The van der Waals surface area contributed by atoms with Crippen LogP contribution in [-0.4, -0.2) is 204 Å². The number of benzene rings is 1. The van der Waals surface area contributed by atoms with Crippen molar-refractivity contribution >= 4 is 255 Å². The molecule has 13 rings (SSSR count). The second-order valence-electron chi connectivity index (χ2n) is 35.5. The maximum absolute atomic E-state index is 12.8. The smallest absolute Gasteiger partial charge is 1.00 e. The molecule has 37 nitrogen and oxygen atoms in total. The van der Waals surface area contributed by atoms with E-state index < -0.39 is 49.5 Å². The number of carbonyl (C=O) groups is 7. The summed E-state index contributed by atoms with van der Waals surface area (Å²) in [5.74, 6) is 5.64. The second kappa shape index (κ2) is 82.3. The molecule has 0 aliphatic carbocycles. The number of aliphatic hydroxyl groups is 2. The molecule has 0 saturated carbocycles. The Kier molecular flexibility index (Phi) is 83.5. The average molecular weight is 2490 g/mol. The van der Waals surface area contributed by atoms with Gasteiger partial charge in [-0.05, 0) is 140 Å². The fourth-order valence-electron chi connectivity index (χ4n) is 10.8. The number of nitrogens with zero attached hydrogens (tertiary/aromatic N) is 13. The Labute approximate surface area is 1020 Å². The molecule has 3 aliphatic rings. The van der Waals surface area contributed by atoms with Crippen molar-refractivity contribution in [2.24, 2.45) is 17.8 Å². The van der Waals surface area contributed by atoms with Crippen molar-refractivity contribution in [3.05, 3.63) is 149 Å². The number of rotatable bonds is 19. The van der Waals surface area contributed by atoms with Crippen molar-refractivity contribution in [3.8, 4) is 10.8 Å². The van der Waals surface area contributed by atoms with E-state index in [0.717, 1.165) is 120 Å². The van der Waals surface area contributed by atoms with Crippen LogP contribution in [0.2, 0.25) is 0 Å². The number of nitrogens with two attached hydrogens (primary N) is 3. The number of carboxylic acid groups (broad SMARTS) is 2. The summed E-state index contributed by atoms with van der Waals surface area (Å²) in [6, 6.07) is 5.87. The Morgan fingerprint density at radius 1 is 0.593 bits per heavy atom.